The number of hydrogen-bond acceptors (Lipinski definition) is 5. The van der Waals surface area contributed by atoms with E-state index in [4.69, 9.17) is 9.98 Å². The molecule has 4 nitrogen and oxygen atoms in total. The maximum atomic E-state index is 13.5. The van der Waals surface area contributed by atoms with Gasteiger partial charge in [-0.25, -0.2) is 4.98 Å². The van der Waals surface area contributed by atoms with E-state index in [1.165, 1.54) is 42.4 Å². The first-order chi connectivity index (χ1) is 15.7. The summed E-state index contributed by atoms with van der Waals surface area (Å²) in [6, 6.07) is 18.5. The molecule has 0 N–H and O–H groups in total. The average molecular weight is 460 g/mol. The highest BCUT2D eigenvalue weighted by molar-refractivity contribution is 8.18. The second-order valence-corrected chi connectivity index (χ2v) is 10.1. The van der Waals surface area contributed by atoms with Crippen LogP contribution in [0.15, 0.2) is 69.9 Å². The van der Waals surface area contributed by atoms with Gasteiger partial charge in [0, 0.05) is 17.0 Å². The van der Waals surface area contributed by atoms with Gasteiger partial charge in [0.1, 0.15) is 0 Å². The Balaban J connectivity index is 1.49. The van der Waals surface area contributed by atoms with Gasteiger partial charge in [0.2, 0.25) is 5.13 Å². The van der Waals surface area contributed by atoms with Crippen LogP contribution >= 0.6 is 23.1 Å². The number of nitrogens with zero attached hydrogens (tertiary/aromatic N) is 3. The lowest BCUT2D eigenvalue weighted by Gasteiger charge is -2.30. The predicted molar refractivity (Wildman–Crippen MR) is 135 cm³/mol. The first-order valence-electron chi connectivity index (χ1n) is 11.1. The monoisotopic (exact) mass is 459 g/mol. The molecule has 2 heterocycles. The van der Waals surface area contributed by atoms with E-state index in [1.54, 1.807) is 0 Å². The molecule has 5 rings (SSSR count). The lowest BCUT2D eigenvalue weighted by atomic mass is 9.94. The smallest absolute Gasteiger partial charge is 0.267 e. The minimum absolute atomic E-state index is 0.0729. The Bertz CT molecular complexity index is 1180. The first kappa shape index (κ1) is 21.2. The van der Waals surface area contributed by atoms with Gasteiger partial charge in [-0.3, -0.25) is 9.69 Å². The van der Waals surface area contributed by atoms with Crippen LogP contribution in [0, 0.1) is 6.92 Å². The SMILES string of the molecule is Cc1ccccc1/C=C1\S/C(=N/c2nc(-c3ccccc3)cs2)N(C2CCCCC2)C1=O. The predicted octanol–water partition coefficient (Wildman–Crippen LogP) is 7.06. The van der Waals surface area contributed by atoms with E-state index in [-0.39, 0.29) is 11.9 Å². The third-order valence-electron chi connectivity index (χ3n) is 6.00. The van der Waals surface area contributed by atoms with Gasteiger partial charge in [-0.15, -0.1) is 11.3 Å². The van der Waals surface area contributed by atoms with Gasteiger partial charge in [0.15, 0.2) is 5.17 Å². The molecule has 2 aromatic carbocycles. The van der Waals surface area contributed by atoms with Gasteiger partial charge >= 0.3 is 0 Å². The molecule has 1 aliphatic carbocycles. The van der Waals surface area contributed by atoms with Crippen molar-refractivity contribution in [3.05, 3.63) is 76.0 Å². The fourth-order valence-corrected chi connectivity index (χ4v) is 6.04. The number of aromatic nitrogens is 1. The molecule has 162 valence electrons. The topological polar surface area (TPSA) is 45.6 Å². The summed E-state index contributed by atoms with van der Waals surface area (Å²) >= 11 is 3.00. The number of benzene rings is 2. The summed E-state index contributed by atoms with van der Waals surface area (Å²) in [4.78, 5) is 25.8. The van der Waals surface area contributed by atoms with Crippen LogP contribution in [-0.4, -0.2) is 27.0 Å². The summed E-state index contributed by atoms with van der Waals surface area (Å²) in [5, 5.41) is 3.48. The van der Waals surface area contributed by atoms with E-state index in [9.17, 15) is 4.79 Å². The number of carbonyl (C=O) groups is 1. The van der Waals surface area contributed by atoms with Crippen LogP contribution in [0.3, 0.4) is 0 Å². The largest absolute Gasteiger partial charge is 0.283 e. The van der Waals surface area contributed by atoms with Crippen molar-refractivity contribution in [2.45, 2.75) is 45.1 Å². The number of amidine groups is 1. The number of rotatable bonds is 4. The van der Waals surface area contributed by atoms with Crippen molar-refractivity contribution < 1.29 is 4.79 Å². The van der Waals surface area contributed by atoms with Crippen LogP contribution in [0.1, 0.15) is 43.2 Å². The molecule has 0 spiro atoms. The van der Waals surface area contributed by atoms with Gasteiger partial charge in [-0.1, -0.05) is 73.9 Å². The van der Waals surface area contributed by atoms with E-state index in [0.717, 1.165) is 45.3 Å². The third-order valence-corrected chi connectivity index (χ3v) is 7.72. The number of hydrogen-bond donors (Lipinski definition) is 0. The molecular weight excluding hydrogens is 434 g/mol. The molecule has 1 saturated carbocycles. The minimum Gasteiger partial charge on any atom is -0.283 e. The third kappa shape index (κ3) is 4.43. The summed E-state index contributed by atoms with van der Waals surface area (Å²) in [5.74, 6) is 0.0729. The Labute approximate surface area is 197 Å². The lowest BCUT2D eigenvalue weighted by molar-refractivity contribution is -0.124. The summed E-state index contributed by atoms with van der Waals surface area (Å²) in [6.45, 7) is 2.07. The standard InChI is InChI=1S/C26H25N3OS2/c1-18-10-8-9-13-20(18)16-23-24(30)29(21-14-6-3-7-15-21)26(32-23)28-25-27-22(17-31-25)19-11-4-2-5-12-19/h2,4-5,8-13,16-17,21H,3,6-7,14-15H2,1H3/b23-16-,28-26+. The molecule has 1 amide bonds. The number of aliphatic imine (C=N–C) groups is 1. The van der Waals surface area contributed by atoms with Gasteiger partial charge < -0.3 is 0 Å². The maximum absolute atomic E-state index is 13.5. The highest BCUT2D eigenvalue weighted by atomic mass is 32.2. The number of carbonyl (C=O) groups excluding carboxylic acids is 1. The number of thiazole rings is 1. The molecule has 1 aliphatic heterocycles. The zero-order valence-corrected chi connectivity index (χ0v) is 19.7. The Morgan fingerprint density at radius 2 is 1.78 bits per heavy atom. The van der Waals surface area contributed by atoms with Gasteiger partial charge in [-0.2, -0.15) is 4.99 Å². The molecule has 1 saturated heterocycles. The van der Waals surface area contributed by atoms with Gasteiger partial charge in [0.05, 0.1) is 10.6 Å². The van der Waals surface area contributed by atoms with E-state index >= 15 is 0 Å². The summed E-state index contributed by atoms with van der Waals surface area (Å²) in [7, 11) is 0. The van der Waals surface area contributed by atoms with Crippen molar-refractivity contribution >= 4 is 45.4 Å². The molecule has 1 aromatic heterocycles. The van der Waals surface area contributed by atoms with Crippen LogP contribution in [0.25, 0.3) is 17.3 Å². The number of aryl methyl sites for hydroxylation is 1. The van der Waals surface area contributed by atoms with Crippen LogP contribution in [0.2, 0.25) is 0 Å². The van der Waals surface area contributed by atoms with E-state index in [0.29, 0.717) is 5.13 Å². The zero-order chi connectivity index (χ0) is 21.9. The van der Waals surface area contributed by atoms with Crippen LogP contribution in [0.5, 0.6) is 0 Å². The van der Waals surface area contributed by atoms with Crippen molar-refractivity contribution in [1.82, 2.24) is 9.88 Å². The van der Waals surface area contributed by atoms with Crippen molar-refractivity contribution in [3.63, 3.8) is 0 Å². The van der Waals surface area contributed by atoms with Crippen LogP contribution in [-0.2, 0) is 4.79 Å². The average Bonchev–Trinajstić information content (AvgIpc) is 3.41. The molecule has 0 radical (unpaired) electrons. The molecule has 2 aliphatic rings. The zero-order valence-electron chi connectivity index (χ0n) is 18.0. The second-order valence-electron chi connectivity index (χ2n) is 8.21. The Kier molecular flexibility index (Phi) is 6.23. The molecule has 32 heavy (non-hydrogen) atoms. The lowest BCUT2D eigenvalue weighted by Crippen LogP contribution is -2.40. The summed E-state index contributed by atoms with van der Waals surface area (Å²) in [6.07, 6.45) is 7.67. The maximum Gasteiger partial charge on any atom is 0.267 e. The van der Waals surface area contributed by atoms with E-state index in [1.807, 2.05) is 46.7 Å². The molecule has 0 atom stereocenters. The molecule has 6 heteroatoms. The van der Waals surface area contributed by atoms with Gasteiger partial charge in [-0.05, 0) is 48.7 Å². The molecule has 2 fully saturated rings. The highest BCUT2D eigenvalue weighted by Crippen LogP contribution is 2.39. The number of amides is 1. The normalized spacial score (nSPS) is 19.9. The minimum atomic E-state index is 0.0729. The van der Waals surface area contributed by atoms with E-state index < -0.39 is 0 Å². The fourth-order valence-electron chi connectivity index (χ4n) is 4.25. The van der Waals surface area contributed by atoms with Crippen molar-refractivity contribution in [2.24, 2.45) is 4.99 Å². The Hall–Kier alpha value is -2.70. The fraction of sp³-hybridized carbons (Fsp3) is 0.269. The van der Waals surface area contributed by atoms with Crippen LogP contribution < -0.4 is 0 Å². The van der Waals surface area contributed by atoms with Crippen LogP contribution in [0.4, 0.5) is 5.13 Å². The first-order valence-corrected chi connectivity index (χ1v) is 12.8. The molecule has 0 unspecified atom stereocenters. The van der Waals surface area contributed by atoms with Crippen molar-refractivity contribution in [1.29, 1.82) is 0 Å². The molecular formula is C26H25N3OS2. The second kappa shape index (κ2) is 9.43. The van der Waals surface area contributed by atoms with Crippen molar-refractivity contribution in [3.8, 4) is 11.3 Å². The van der Waals surface area contributed by atoms with E-state index in [2.05, 4.69) is 31.2 Å². The Morgan fingerprint density at radius 3 is 2.56 bits per heavy atom. The number of thioether (sulfide) groups is 1. The molecule has 0 bridgehead atoms. The highest BCUT2D eigenvalue weighted by Gasteiger charge is 2.38. The van der Waals surface area contributed by atoms with Crippen molar-refractivity contribution in [2.75, 3.05) is 0 Å². The Morgan fingerprint density at radius 1 is 1.03 bits per heavy atom. The summed E-state index contributed by atoms with van der Waals surface area (Å²) < 4.78 is 0. The van der Waals surface area contributed by atoms with Gasteiger partial charge in [0.25, 0.3) is 5.91 Å². The molecule has 3 aromatic rings. The quantitative estimate of drug-likeness (QED) is 0.393. The summed E-state index contributed by atoms with van der Waals surface area (Å²) in [5.41, 5.74) is 4.24.